The molecule has 0 saturated heterocycles. The summed E-state index contributed by atoms with van der Waals surface area (Å²) in [6.45, 7) is 17.1. The minimum atomic E-state index is 0.899. The van der Waals surface area contributed by atoms with E-state index in [-0.39, 0.29) is 0 Å². The average molecular weight is 295 g/mol. The van der Waals surface area contributed by atoms with Gasteiger partial charge in [-0.1, -0.05) is 80.6 Å². The van der Waals surface area contributed by atoms with E-state index in [9.17, 15) is 0 Å². The van der Waals surface area contributed by atoms with Gasteiger partial charge in [0.1, 0.15) is 0 Å². The van der Waals surface area contributed by atoms with Gasteiger partial charge in [0.05, 0.1) is 0 Å². The van der Waals surface area contributed by atoms with Crippen LogP contribution in [0.2, 0.25) is 0 Å². The van der Waals surface area contributed by atoms with E-state index < -0.39 is 0 Å². The van der Waals surface area contributed by atoms with E-state index in [1.54, 1.807) is 0 Å². The van der Waals surface area contributed by atoms with Crippen LogP contribution in [0.4, 0.5) is 0 Å². The van der Waals surface area contributed by atoms with Crippen molar-refractivity contribution in [2.24, 2.45) is 41.4 Å². The highest BCUT2D eigenvalue weighted by Gasteiger charge is 2.39. The molecule has 1 saturated carbocycles. The summed E-state index contributed by atoms with van der Waals surface area (Å²) in [5.74, 6) is 6.78. The van der Waals surface area contributed by atoms with Crippen LogP contribution in [0, 0.1) is 41.4 Å². The molecule has 0 N–H and O–H groups in total. The van der Waals surface area contributed by atoms with Gasteiger partial charge in [0.15, 0.2) is 0 Å². The second-order valence-corrected chi connectivity index (χ2v) is 8.40. The fraction of sp³-hybridized carbons (Fsp3) is 1.00. The summed E-state index contributed by atoms with van der Waals surface area (Å²) in [6.07, 6.45) is 9.99. The molecule has 0 amide bonds. The summed E-state index contributed by atoms with van der Waals surface area (Å²) in [5, 5.41) is 0. The third-order valence-corrected chi connectivity index (χ3v) is 6.70. The summed E-state index contributed by atoms with van der Waals surface area (Å²) in [4.78, 5) is 0. The molecule has 1 aliphatic rings. The zero-order valence-electron chi connectivity index (χ0n) is 16.0. The predicted octanol–water partition coefficient (Wildman–Crippen LogP) is 7.18. The van der Waals surface area contributed by atoms with Gasteiger partial charge in [0, 0.05) is 0 Å². The Hall–Kier alpha value is 0. The van der Waals surface area contributed by atoms with Crippen molar-refractivity contribution in [1.82, 2.24) is 0 Å². The molecule has 0 aliphatic heterocycles. The molecule has 0 heterocycles. The highest BCUT2D eigenvalue weighted by atomic mass is 14.4. The van der Waals surface area contributed by atoms with Gasteiger partial charge in [0.2, 0.25) is 0 Å². The van der Waals surface area contributed by atoms with Crippen LogP contribution in [-0.2, 0) is 0 Å². The second-order valence-electron chi connectivity index (χ2n) is 8.40. The van der Waals surface area contributed by atoms with Crippen LogP contribution in [0.25, 0.3) is 0 Å². The van der Waals surface area contributed by atoms with Crippen LogP contribution in [0.15, 0.2) is 0 Å². The highest BCUT2D eigenvalue weighted by Crippen LogP contribution is 2.48. The molecular formula is C21H42. The Morgan fingerprint density at radius 3 is 2.00 bits per heavy atom. The average Bonchev–Trinajstić information content (AvgIpc) is 3.25. The van der Waals surface area contributed by atoms with Gasteiger partial charge in [-0.3, -0.25) is 0 Å². The molecule has 126 valence electrons. The lowest BCUT2D eigenvalue weighted by Crippen LogP contribution is -2.19. The first kappa shape index (κ1) is 19.0. The smallest absolute Gasteiger partial charge is 0.0357 e. The van der Waals surface area contributed by atoms with E-state index in [4.69, 9.17) is 0 Å². The van der Waals surface area contributed by atoms with Crippen molar-refractivity contribution in [3.63, 3.8) is 0 Å². The van der Waals surface area contributed by atoms with Crippen LogP contribution in [0.3, 0.4) is 0 Å². The Bertz CT molecular complexity index is 269. The first-order valence-corrected chi connectivity index (χ1v) is 9.94. The summed E-state index contributed by atoms with van der Waals surface area (Å²) in [6, 6.07) is 0. The van der Waals surface area contributed by atoms with Crippen molar-refractivity contribution in [3.8, 4) is 0 Å². The van der Waals surface area contributed by atoms with Crippen molar-refractivity contribution in [2.75, 3.05) is 0 Å². The first-order chi connectivity index (χ1) is 9.94. The molecule has 1 aliphatic carbocycles. The standard InChI is InChI=1S/C21H42/c1-8-16(5)20(10-3)17(6)12-11-15(4)13-18(7)21-14-19(21)9-2/h15-21H,8-14H2,1-7H3. The molecule has 1 rings (SSSR count). The van der Waals surface area contributed by atoms with Crippen molar-refractivity contribution in [2.45, 2.75) is 93.4 Å². The topological polar surface area (TPSA) is 0 Å². The molecule has 1 fully saturated rings. The number of hydrogen-bond donors (Lipinski definition) is 0. The molecule has 0 spiro atoms. The van der Waals surface area contributed by atoms with Crippen LogP contribution < -0.4 is 0 Å². The molecule has 0 bridgehead atoms. The van der Waals surface area contributed by atoms with Gasteiger partial charge in [-0.15, -0.1) is 0 Å². The number of hydrogen-bond acceptors (Lipinski definition) is 0. The lowest BCUT2D eigenvalue weighted by atomic mass is 9.77. The van der Waals surface area contributed by atoms with Crippen LogP contribution in [0.1, 0.15) is 93.4 Å². The van der Waals surface area contributed by atoms with Crippen LogP contribution in [-0.4, -0.2) is 0 Å². The SMILES string of the molecule is CCC(C)C(CC)C(C)CCC(C)CC(C)C1CC1CC. The zero-order valence-corrected chi connectivity index (χ0v) is 16.0. The van der Waals surface area contributed by atoms with Crippen molar-refractivity contribution >= 4 is 0 Å². The van der Waals surface area contributed by atoms with E-state index in [0.29, 0.717) is 0 Å². The molecule has 0 heteroatoms. The van der Waals surface area contributed by atoms with E-state index in [1.807, 2.05) is 0 Å². The Balaban J connectivity index is 2.26. The highest BCUT2D eigenvalue weighted by molar-refractivity contribution is 4.89. The van der Waals surface area contributed by atoms with Gasteiger partial charge >= 0.3 is 0 Å². The Morgan fingerprint density at radius 2 is 1.52 bits per heavy atom. The maximum absolute atomic E-state index is 2.51. The van der Waals surface area contributed by atoms with Gasteiger partial charge in [0.25, 0.3) is 0 Å². The van der Waals surface area contributed by atoms with Crippen molar-refractivity contribution < 1.29 is 0 Å². The lowest BCUT2D eigenvalue weighted by molar-refractivity contribution is 0.214. The quantitative estimate of drug-likeness (QED) is 0.378. The molecular weight excluding hydrogens is 252 g/mol. The van der Waals surface area contributed by atoms with Gasteiger partial charge in [-0.25, -0.2) is 0 Å². The zero-order chi connectivity index (χ0) is 16.0. The maximum atomic E-state index is 2.51. The van der Waals surface area contributed by atoms with E-state index in [2.05, 4.69) is 48.5 Å². The van der Waals surface area contributed by atoms with E-state index >= 15 is 0 Å². The molecule has 0 aromatic carbocycles. The van der Waals surface area contributed by atoms with Crippen LogP contribution >= 0.6 is 0 Å². The predicted molar refractivity (Wildman–Crippen MR) is 96.5 cm³/mol. The van der Waals surface area contributed by atoms with E-state index in [0.717, 1.165) is 41.4 Å². The third-order valence-electron chi connectivity index (χ3n) is 6.70. The monoisotopic (exact) mass is 294 g/mol. The Morgan fingerprint density at radius 1 is 0.857 bits per heavy atom. The molecule has 0 aromatic heterocycles. The number of rotatable bonds is 11. The summed E-state index contributed by atoms with van der Waals surface area (Å²) >= 11 is 0. The summed E-state index contributed by atoms with van der Waals surface area (Å²) in [7, 11) is 0. The molecule has 7 atom stereocenters. The largest absolute Gasteiger partial charge is 0.0651 e. The Kier molecular flexibility index (Phi) is 8.35. The van der Waals surface area contributed by atoms with Crippen molar-refractivity contribution in [3.05, 3.63) is 0 Å². The maximum Gasteiger partial charge on any atom is -0.0357 e. The molecule has 0 aromatic rings. The van der Waals surface area contributed by atoms with Crippen LogP contribution in [0.5, 0.6) is 0 Å². The Labute approximate surface area is 135 Å². The second kappa shape index (κ2) is 9.21. The lowest BCUT2D eigenvalue weighted by Gasteiger charge is -2.29. The fourth-order valence-electron chi connectivity index (χ4n) is 4.79. The van der Waals surface area contributed by atoms with E-state index in [1.165, 1.54) is 44.9 Å². The third kappa shape index (κ3) is 5.95. The van der Waals surface area contributed by atoms with Gasteiger partial charge in [-0.05, 0) is 54.3 Å². The molecule has 0 radical (unpaired) electrons. The first-order valence-electron chi connectivity index (χ1n) is 9.94. The minimum Gasteiger partial charge on any atom is -0.0651 e. The van der Waals surface area contributed by atoms with Gasteiger partial charge in [-0.2, -0.15) is 0 Å². The summed E-state index contributed by atoms with van der Waals surface area (Å²) < 4.78 is 0. The fourth-order valence-corrected chi connectivity index (χ4v) is 4.79. The normalized spacial score (nSPS) is 28.7. The van der Waals surface area contributed by atoms with Gasteiger partial charge < -0.3 is 0 Å². The minimum absolute atomic E-state index is 0.899. The summed E-state index contributed by atoms with van der Waals surface area (Å²) in [5.41, 5.74) is 0. The molecule has 0 nitrogen and oxygen atoms in total. The van der Waals surface area contributed by atoms with Crippen molar-refractivity contribution in [1.29, 1.82) is 0 Å². The molecule has 7 unspecified atom stereocenters. The molecule has 21 heavy (non-hydrogen) atoms.